The first-order valence-corrected chi connectivity index (χ1v) is 7.57. The van der Waals surface area contributed by atoms with Gasteiger partial charge in [0.2, 0.25) is 0 Å². The summed E-state index contributed by atoms with van der Waals surface area (Å²) in [5.74, 6) is 0. The highest BCUT2D eigenvalue weighted by Gasteiger charge is 2.45. The van der Waals surface area contributed by atoms with Crippen molar-refractivity contribution in [3.05, 3.63) is 42.1 Å². The standard InChI is InChI=1S/C18H23NO/c1-17(2)10-5-6-11-18(17,20)13-14-9-12-19-16-8-4-3-7-15(14)16/h3-4,7-9,12,20H,5-6,10-11,13H2,1-2H3. The van der Waals surface area contributed by atoms with Crippen molar-refractivity contribution in [2.75, 3.05) is 0 Å². The Balaban J connectivity index is 2.00. The van der Waals surface area contributed by atoms with Gasteiger partial charge in [0.25, 0.3) is 0 Å². The quantitative estimate of drug-likeness (QED) is 0.890. The second-order valence-corrected chi connectivity index (χ2v) is 6.79. The molecule has 0 amide bonds. The van der Waals surface area contributed by atoms with E-state index in [0.717, 1.165) is 31.2 Å². The molecule has 2 nitrogen and oxygen atoms in total. The molecule has 20 heavy (non-hydrogen) atoms. The van der Waals surface area contributed by atoms with E-state index in [9.17, 15) is 5.11 Å². The van der Waals surface area contributed by atoms with Crippen LogP contribution in [0.4, 0.5) is 0 Å². The minimum absolute atomic E-state index is 0.0182. The zero-order valence-corrected chi connectivity index (χ0v) is 12.4. The minimum atomic E-state index is -0.602. The molecule has 2 aromatic rings. The van der Waals surface area contributed by atoms with Gasteiger partial charge < -0.3 is 5.11 Å². The fourth-order valence-corrected chi connectivity index (χ4v) is 3.51. The number of fused-ring (bicyclic) bond motifs is 1. The summed E-state index contributed by atoms with van der Waals surface area (Å²) in [4.78, 5) is 4.41. The Morgan fingerprint density at radius 2 is 1.85 bits per heavy atom. The number of para-hydroxylation sites is 1. The molecule has 1 N–H and O–H groups in total. The van der Waals surface area contributed by atoms with Gasteiger partial charge in [0.05, 0.1) is 11.1 Å². The van der Waals surface area contributed by atoms with Crippen LogP contribution in [0.1, 0.15) is 45.1 Å². The normalized spacial score (nSPS) is 25.8. The fraction of sp³-hybridized carbons (Fsp3) is 0.500. The Bertz CT molecular complexity index is 614. The molecular weight excluding hydrogens is 246 g/mol. The van der Waals surface area contributed by atoms with Gasteiger partial charge in [-0.05, 0) is 36.0 Å². The van der Waals surface area contributed by atoms with E-state index in [1.54, 1.807) is 0 Å². The maximum atomic E-state index is 11.2. The molecule has 1 saturated carbocycles. The number of nitrogens with zero attached hydrogens (tertiary/aromatic N) is 1. The lowest BCUT2D eigenvalue weighted by molar-refractivity contribution is -0.0956. The van der Waals surface area contributed by atoms with E-state index in [4.69, 9.17) is 0 Å². The third kappa shape index (κ3) is 2.22. The van der Waals surface area contributed by atoms with Crippen LogP contribution in [0.25, 0.3) is 10.9 Å². The molecule has 1 unspecified atom stereocenters. The first kappa shape index (κ1) is 13.6. The van der Waals surface area contributed by atoms with Gasteiger partial charge in [0.1, 0.15) is 0 Å². The molecule has 1 atom stereocenters. The third-order valence-corrected chi connectivity index (χ3v) is 5.12. The van der Waals surface area contributed by atoms with Crippen LogP contribution in [0.5, 0.6) is 0 Å². The third-order valence-electron chi connectivity index (χ3n) is 5.12. The van der Waals surface area contributed by atoms with E-state index in [0.29, 0.717) is 0 Å². The van der Waals surface area contributed by atoms with E-state index in [1.807, 2.05) is 24.4 Å². The van der Waals surface area contributed by atoms with Gasteiger partial charge in [-0.3, -0.25) is 4.98 Å². The molecule has 0 aliphatic heterocycles. The Hall–Kier alpha value is -1.41. The van der Waals surface area contributed by atoms with Crippen LogP contribution >= 0.6 is 0 Å². The Kier molecular flexibility index (Phi) is 3.29. The van der Waals surface area contributed by atoms with Crippen molar-refractivity contribution in [3.63, 3.8) is 0 Å². The number of aliphatic hydroxyl groups is 1. The fourth-order valence-electron chi connectivity index (χ4n) is 3.51. The topological polar surface area (TPSA) is 33.1 Å². The number of aromatic nitrogens is 1. The highest BCUT2D eigenvalue weighted by atomic mass is 16.3. The summed E-state index contributed by atoms with van der Waals surface area (Å²) in [7, 11) is 0. The maximum absolute atomic E-state index is 11.2. The van der Waals surface area contributed by atoms with Crippen LogP contribution in [0.2, 0.25) is 0 Å². The molecule has 1 fully saturated rings. The zero-order valence-electron chi connectivity index (χ0n) is 12.4. The maximum Gasteiger partial charge on any atom is 0.0738 e. The smallest absolute Gasteiger partial charge is 0.0738 e. The molecule has 1 heterocycles. The summed E-state index contributed by atoms with van der Waals surface area (Å²) in [6.45, 7) is 4.41. The van der Waals surface area contributed by atoms with Gasteiger partial charge in [-0.25, -0.2) is 0 Å². The summed E-state index contributed by atoms with van der Waals surface area (Å²) >= 11 is 0. The molecule has 0 saturated heterocycles. The van der Waals surface area contributed by atoms with Crippen LogP contribution in [0, 0.1) is 5.41 Å². The van der Waals surface area contributed by atoms with E-state index in [-0.39, 0.29) is 5.41 Å². The molecule has 3 rings (SSSR count). The van der Waals surface area contributed by atoms with Gasteiger partial charge >= 0.3 is 0 Å². The van der Waals surface area contributed by atoms with Crippen molar-refractivity contribution in [3.8, 4) is 0 Å². The van der Waals surface area contributed by atoms with E-state index in [1.165, 1.54) is 17.4 Å². The van der Waals surface area contributed by atoms with Gasteiger partial charge in [-0.15, -0.1) is 0 Å². The van der Waals surface area contributed by atoms with Crippen molar-refractivity contribution in [1.82, 2.24) is 4.98 Å². The molecule has 1 aromatic heterocycles. The predicted molar refractivity (Wildman–Crippen MR) is 82.6 cm³/mol. The number of pyridine rings is 1. The molecule has 1 aliphatic carbocycles. The molecule has 0 bridgehead atoms. The van der Waals surface area contributed by atoms with Crippen molar-refractivity contribution in [2.45, 2.75) is 51.6 Å². The highest BCUT2D eigenvalue weighted by molar-refractivity contribution is 5.81. The average Bonchev–Trinajstić information content (AvgIpc) is 2.43. The lowest BCUT2D eigenvalue weighted by Gasteiger charge is -2.47. The second-order valence-electron chi connectivity index (χ2n) is 6.79. The van der Waals surface area contributed by atoms with Gasteiger partial charge in [0, 0.05) is 18.0 Å². The number of rotatable bonds is 2. The zero-order chi connectivity index (χ0) is 14.2. The Morgan fingerprint density at radius 1 is 1.10 bits per heavy atom. The Labute approximate surface area is 120 Å². The lowest BCUT2D eigenvalue weighted by atomic mass is 9.63. The summed E-state index contributed by atoms with van der Waals surface area (Å²) in [6.07, 6.45) is 6.94. The second kappa shape index (κ2) is 4.85. The van der Waals surface area contributed by atoms with Crippen LogP contribution in [0.3, 0.4) is 0 Å². The summed E-state index contributed by atoms with van der Waals surface area (Å²) in [5, 5.41) is 12.4. The first-order chi connectivity index (χ1) is 9.52. The molecule has 1 aliphatic rings. The van der Waals surface area contributed by atoms with Crippen molar-refractivity contribution >= 4 is 10.9 Å². The SMILES string of the molecule is CC1(C)CCCCC1(O)Cc1ccnc2ccccc12. The average molecular weight is 269 g/mol. The number of hydrogen-bond donors (Lipinski definition) is 1. The van der Waals surface area contributed by atoms with Crippen LogP contribution in [0.15, 0.2) is 36.5 Å². The number of benzene rings is 1. The molecule has 0 spiro atoms. The van der Waals surface area contributed by atoms with Gasteiger partial charge in [-0.1, -0.05) is 44.9 Å². The number of hydrogen-bond acceptors (Lipinski definition) is 2. The van der Waals surface area contributed by atoms with Crippen molar-refractivity contribution in [1.29, 1.82) is 0 Å². The van der Waals surface area contributed by atoms with E-state index < -0.39 is 5.60 Å². The largest absolute Gasteiger partial charge is 0.389 e. The molecule has 1 aromatic carbocycles. The minimum Gasteiger partial charge on any atom is -0.389 e. The lowest BCUT2D eigenvalue weighted by Crippen LogP contribution is -2.48. The highest BCUT2D eigenvalue weighted by Crippen LogP contribution is 2.46. The molecule has 0 radical (unpaired) electrons. The van der Waals surface area contributed by atoms with Crippen LogP contribution in [-0.2, 0) is 6.42 Å². The van der Waals surface area contributed by atoms with Crippen molar-refractivity contribution < 1.29 is 5.11 Å². The van der Waals surface area contributed by atoms with E-state index >= 15 is 0 Å². The molecule has 2 heteroatoms. The molecule has 106 valence electrons. The summed E-state index contributed by atoms with van der Waals surface area (Å²) < 4.78 is 0. The van der Waals surface area contributed by atoms with Gasteiger partial charge in [-0.2, -0.15) is 0 Å². The monoisotopic (exact) mass is 269 g/mol. The predicted octanol–water partition coefficient (Wildman–Crippen LogP) is 4.11. The first-order valence-electron chi connectivity index (χ1n) is 7.57. The summed E-state index contributed by atoms with van der Waals surface area (Å²) in [5.41, 5.74) is 1.61. The van der Waals surface area contributed by atoms with Crippen LogP contribution in [-0.4, -0.2) is 15.7 Å². The van der Waals surface area contributed by atoms with Crippen molar-refractivity contribution in [2.24, 2.45) is 5.41 Å². The van der Waals surface area contributed by atoms with Crippen LogP contribution < -0.4 is 0 Å². The molecular formula is C18H23NO. The summed E-state index contributed by atoms with van der Waals surface area (Å²) in [6, 6.07) is 10.3. The van der Waals surface area contributed by atoms with Gasteiger partial charge in [0.15, 0.2) is 0 Å². The van der Waals surface area contributed by atoms with E-state index in [2.05, 4.69) is 31.0 Å². The Morgan fingerprint density at radius 3 is 2.65 bits per heavy atom.